The number of hydrogen-bond acceptors (Lipinski definition) is 3. The van der Waals surface area contributed by atoms with E-state index in [1.54, 1.807) is 0 Å². The summed E-state index contributed by atoms with van der Waals surface area (Å²) in [6.07, 6.45) is 2.76. The third-order valence-electron chi connectivity index (χ3n) is 5.59. The van der Waals surface area contributed by atoms with Crippen molar-refractivity contribution in [3.05, 3.63) is 0 Å². The van der Waals surface area contributed by atoms with Gasteiger partial charge in [0, 0.05) is 12.6 Å². The van der Waals surface area contributed by atoms with Crippen LogP contribution in [-0.2, 0) is 9.47 Å². The molecular formula is C14H25NO2. The van der Waals surface area contributed by atoms with Crippen LogP contribution in [0, 0.1) is 23.2 Å². The third kappa shape index (κ3) is 1.83. The molecule has 4 fully saturated rings. The fourth-order valence-electron chi connectivity index (χ4n) is 4.20. The zero-order valence-corrected chi connectivity index (χ0v) is 11.4. The van der Waals surface area contributed by atoms with Gasteiger partial charge in [0.25, 0.3) is 0 Å². The zero-order valence-electron chi connectivity index (χ0n) is 11.4. The Morgan fingerprint density at radius 2 is 1.88 bits per heavy atom. The van der Waals surface area contributed by atoms with E-state index >= 15 is 0 Å². The highest BCUT2D eigenvalue weighted by Crippen LogP contribution is 2.61. The Bertz CT molecular complexity index is 299. The van der Waals surface area contributed by atoms with E-state index in [2.05, 4.69) is 26.1 Å². The van der Waals surface area contributed by atoms with E-state index in [1.807, 2.05) is 6.92 Å². The van der Waals surface area contributed by atoms with Gasteiger partial charge >= 0.3 is 0 Å². The summed E-state index contributed by atoms with van der Waals surface area (Å²) in [5.41, 5.74) is 0.579. The first-order valence-corrected chi connectivity index (χ1v) is 7.02. The molecule has 3 heteroatoms. The van der Waals surface area contributed by atoms with E-state index in [0.29, 0.717) is 11.5 Å². The first-order valence-electron chi connectivity index (χ1n) is 7.02. The summed E-state index contributed by atoms with van der Waals surface area (Å²) in [4.78, 5) is 0. The summed E-state index contributed by atoms with van der Waals surface area (Å²) in [6, 6.07) is 0.662. The Morgan fingerprint density at radius 3 is 2.41 bits per heavy atom. The largest absolute Gasteiger partial charge is 0.323 e. The van der Waals surface area contributed by atoms with E-state index in [0.717, 1.165) is 24.3 Å². The third-order valence-corrected chi connectivity index (χ3v) is 5.59. The summed E-state index contributed by atoms with van der Waals surface area (Å²) in [5.74, 6) is 2.61. The van der Waals surface area contributed by atoms with Crippen LogP contribution in [0.4, 0.5) is 0 Å². The van der Waals surface area contributed by atoms with Gasteiger partial charge in [0.2, 0.25) is 0 Å². The van der Waals surface area contributed by atoms with Crippen LogP contribution in [0.15, 0.2) is 0 Å². The molecule has 1 aliphatic heterocycles. The van der Waals surface area contributed by atoms with Crippen LogP contribution in [0.3, 0.4) is 0 Å². The summed E-state index contributed by atoms with van der Waals surface area (Å²) < 4.78 is 10.9. The number of nitrogens with one attached hydrogen (secondary N) is 1. The molecule has 4 aliphatic rings. The van der Waals surface area contributed by atoms with Gasteiger partial charge in [-0.1, -0.05) is 20.8 Å². The van der Waals surface area contributed by atoms with Crippen molar-refractivity contribution in [1.82, 2.24) is 5.32 Å². The molecular weight excluding hydrogens is 214 g/mol. The summed E-state index contributed by atoms with van der Waals surface area (Å²) in [6.45, 7) is 10.1. The van der Waals surface area contributed by atoms with E-state index in [9.17, 15) is 0 Å². The number of ether oxygens (including phenoxy) is 2. The molecule has 4 rings (SSSR count). The minimum Gasteiger partial charge on any atom is -0.323 e. The van der Waals surface area contributed by atoms with Gasteiger partial charge in [-0.3, -0.25) is 0 Å². The van der Waals surface area contributed by atoms with Gasteiger partial charge in [-0.15, -0.1) is 0 Å². The highest BCUT2D eigenvalue weighted by atomic mass is 16.9. The van der Waals surface area contributed by atoms with Crippen molar-refractivity contribution in [2.45, 2.75) is 59.2 Å². The van der Waals surface area contributed by atoms with Gasteiger partial charge in [-0.25, -0.2) is 0 Å². The highest BCUT2D eigenvalue weighted by Gasteiger charge is 2.56. The van der Waals surface area contributed by atoms with Crippen LogP contribution in [-0.4, -0.2) is 25.2 Å². The van der Waals surface area contributed by atoms with Crippen molar-refractivity contribution < 1.29 is 9.47 Å². The molecule has 0 aromatic heterocycles. The molecule has 0 spiro atoms. The van der Waals surface area contributed by atoms with Crippen molar-refractivity contribution in [3.63, 3.8) is 0 Å². The fraction of sp³-hybridized carbons (Fsp3) is 1.00. The lowest BCUT2D eigenvalue weighted by Gasteiger charge is -2.62. The molecule has 1 N–H and O–H groups in total. The average molecular weight is 239 g/mol. The maximum Gasteiger partial charge on any atom is 0.176 e. The maximum absolute atomic E-state index is 5.46. The van der Waals surface area contributed by atoms with Crippen molar-refractivity contribution >= 4 is 0 Å². The van der Waals surface area contributed by atoms with E-state index in [4.69, 9.17) is 9.47 Å². The molecule has 3 aliphatic carbocycles. The lowest BCUT2D eigenvalue weighted by molar-refractivity contribution is -0.373. The second-order valence-electron chi connectivity index (χ2n) is 6.74. The van der Waals surface area contributed by atoms with Crippen LogP contribution in [0.25, 0.3) is 0 Å². The first-order chi connectivity index (χ1) is 7.98. The molecule has 0 radical (unpaired) electrons. The summed E-state index contributed by atoms with van der Waals surface area (Å²) in [7, 11) is 0. The van der Waals surface area contributed by atoms with Gasteiger partial charge in [-0.05, 0) is 42.9 Å². The second-order valence-corrected chi connectivity index (χ2v) is 6.74. The molecule has 1 saturated heterocycles. The van der Waals surface area contributed by atoms with Gasteiger partial charge in [0.1, 0.15) is 0 Å². The standard InChI is InChI=1S/C14H25NO2/c1-8-11-5-10(14(11,3)4)6-12(8)15-7-13-16-9(2)17-13/h8-13,15H,5-7H2,1-4H3/t8-,9?,10+,11-,12-,13?/m1/s1. The Morgan fingerprint density at radius 1 is 1.18 bits per heavy atom. The van der Waals surface area contributed by atoms with Gasteiger partial charge < -0.3 is 14.8 Å². The van der Waals surface area contributed by atoms with Crippen LogP contribution < -0.4 is 5.32 Å². The van der Waals surface area contributed by atoms with E-state index in [1.165, 1.54) is 12.8 Å². The summed E-state index contributed by atoms with van der Waals surface area (Å²) in [5, 5.41) is 3.64. The molecule has 0 unspecified atom stereocenters. The maximum atomic E-state index is 5.46. The molecule has 3 saturated carbocycles. The Hall–Kier alpha value is -0.120. The van der Waals surface area contributed by atoms with E-state index in [-0.39, 0.29) is 12.6 Å². The van der Waals surface area contributed by atoms with Crippen LogP contribution in [0.5, 0.6) is 0 Å². The van der Waals surface area contributed by atoms with Crippen LogP contribution in [0.1, 0.15) is 40.5 Å². The fourth-order valence-corrected chi connectivity index (χ4v) is 4.20. The predicted molar refractivity (Wildman–Crippen MR) is 66.4 cm³/mol. The highest BCUT2D eigenvalue weighted by molar-refractivity contribution is 5.06. The monoisotopic (exact) mass is 239 g/mol. The Balaban J connectivity index is 1.49. The Labute approximate surface area is 104 Å². The summed E-state index contributed by atoms with van der Waals surface area (Å²) >= 11 is 0. The molecule has 3 nitrogen and oxygen atoms in total. The topological polar surface area (TPSA) is 30.5 Å². The lowest BCUT2D eigenvalue weighted by atomic mass is 9.45. The molecule has 4 atom stereocenters. The number of rotatable bonds is 3. The molecule has 0 aromatic rings. The average Bonchev–Trinajstić information content (AvgIpc) is 2.23. The number of fused-ring (bicyclic) bond motifs is 2. The predicted octanol–water partition coefficient (Wildman–Crippen LogP) is 2.37. The van der Waals surface area contributed by atoms with Crippen LogP contribution >= 0.6 is 0 Å². The number of hydrogen-bond donors (Lipinski definition) is 1. The first kappa shape index (κ1) is 11.9. The normalized spacial score (nSPS) is 51.5. The minimum atomic E-state index is -0.0107. The van der Waals surface area contributed by atoms with Crippen molar-refractivity contribution in [1.29, 1.82) is 0 Å². The SMILES string of the molecule is CC1OC(CN[C@@H]2C[C@@H]3C[C@H]([C@H]2C)C3(C)C)O1. The lowest BCUT2D eigenvalue weighted by Crippen LogP contribution is -2.61. The Kier molecular flexibility index (Phi) is 2.77. The van der Waals surface area contributed by atoms with Gasteiger partial charge in [0.15, 0.2) is 12.6 Å². The van der Waals surface area contributed by atoms with Crippen LogP contribution in [0.2, 0.25) is 0 Å². The van der Waals surface area contributed by atoms with Crippen molar-refractivity contribution in [3.8, 4) is 0 Å². The molecule has 98 valence electrons. The zero-order chi connectivity index (χ0) is 12.2. The molecule has 0 aromatic carbocycles. The van der Waals surface area contributed by atoms with Gasteiger partial charge in [0.05, 0.1) is 0 Å². The quantitative estimate of drug-likeness (QED) is 0.820. The second kappa shape index (κ2) is 3.94. The van der Waals surface area contributed by atoms with Gasteiger partial charge in [-0.2, -0.15) is 0 Å². The van der Waals surface area contributed by atoms with Crippen molar-refractivity contribution in [2.24, 2.45) is 23.2 Å². The molecule has 1 heterocycles. The smallest absolute Gasteiger partial charge is 0.176 e. The van der Waals surface area contributed by atoms with E-state index < -0.39 is 0 Å². The van der Waals surface area contributed by atoms with Crippen molar-refractivity contribution in [2.75, 3.05) is 6.54 Å². The minimum absolute atomic E-state index is 0.00193. The molecule has 0 amide bonds. The molecule has 2 bridgehead atoms. The molecule has 17 heavy (non-hydrogen) atoms.